The van der Waals surface area contributed by atoms with Gasteiger partial charge in [0.15, 0.2) is 14.7 Å². The molecule has 0 fully saturated rings. The van der Waals surface area contributed by atoms with Crippen LogP contribution in [0.25, 0.3) is 0 Å². The van der Waals surface area contributed by atoms with Crippen molar-refractivity contribution in [2.75, 3.05) is 14.1 Å². The van der Waals surface area contributed by atoms with Gasteiger partial charge in [-0.15, -0.1) is 0 Å². The first-order valence-corrected chi connectivity index (χ1v) is 9.05. The van der Waals surface area contributed by atoms with Gasteiger partial charge in [0.2, 0.25) is 0 Å². The van der Waals surface area contributed by atoms with Crippen molar-refractivity contribution in [3.05, 3.63) is 90.5 Å². The van der Waals surface area contributed by atoms with E-state index in [0.29, 0.717) is 5.56 Å². The Morgan fingerprint density at radius 1 is 0.667 bits per heavy atom. The molecule has 0 bridgehead atoms. The zero-order chi connectivity index (χ0) is 16.9. The molecule has 0 aromatic heterocycles. The third-order valence-corrected chi connectivity index (χ3v) is 5.93. The maximum atomic E-state index is 12.1. The first-order chi connectivity index (χ1) is 11.7. The van der Waals surface area contributed by atoms with E-state index in [4.69, 9.17) is 0 Å². The number of nitrogens with zero attached hydrogens (tertiary/aromatic N) is 1. The second kappa shape index (κ2) is 7.37. The van der Waals surface area contributed by atoms with Crippen LogP contribution in [0.5, 0.6) is 0 Å². The van der Waals surface area contributed by atoms with Crippen molar-refractivity contribution in [2.24, 2.45) is 0 Å². The van der Waals surface area contributed by atoms with Gasteiger partial charge in [-0.05, 0) is 48.5 Å². The van der Waals surface area contributed by atoms with Crippen molar-refractivity contribution >= 4 is 16.8 Å². The largest absolute Gasteiger partial charge is 0.345 e. The minimum absolute atomic E-state index is 0.0286. The van der Waals surface area contributed by atoms with Crippen LogP contribution in [0.2, 0.25) is 0 Å². The van der Waals surface area contributed by atoms with Crippen LogP contribution in [-0.4, -0.2) is 24.9 Å². The van der Waals surface area contributed by atoms with Crippen LogP contribution in [0.15, 0.2) is 99.6 Å². The molecule has 3 heteroatoms. The Morgan fingerprint density at radius 2 is 1.08 bits per heavy atom. The molecule has 3 aromatic carbocycles. The highest BCUT2D eigenvalue weighted by molar-refractivity contribution is 7.97. The molecule has 3 rings (SSSR count). The summed E-state index contributed by atoms with van der Waals surface area (Å²) in [6.07, 6.45) is 0. The standard InChI is InChI=1S/C21H20NOS/c1-22(2)21(23)17-13-15-20(16-14-17)24(18-9-5-3-6-10-18)19-11-7-4-8-12-19/h3-16H,1-2H3/q+1. The van der Waals surface area contributed by atoms with Crippen LogP contribution in [0.3, 0.4) is 0 Å². The Kier molecular flexibility index (Phi) is 5.02. The van der Waals surface area contributed by atoms with Gasteiger partial charge < -0.3 is 4.90 Å². The Balaban J connectivity index is 2.02. The molecule has 0 unspecified atom stereocenters. The summed E-state index contributed by atoms with van der Waals surface area (Å²) in [7, 11) is 3.37. The maximum absolute atomic E-state index is 12.1. The lowest BCUT2D eigenvalue weighted by Gasteiger charge is -2.11. The molecule has 120 valence electrons. The SMILES string of the molecule is CN(C)C(=O)c1ccc([S+](c2ccccc2)c2ccccc2)cc1. The normalized spacial score (nSPS) is 10.6. The lowest BCUT2D eigenvalue weighted by Crippen LogP contribution is -2.21. The average Bonchev–Trinajstić information content (AvgIpc) is 2.64. The average molecular weight is 334 g/mol. The fourth-order valence-corrected chi connectivity index (χ4v) is 4.60. The quantitative estimate of drug-likeness (QED) is 0.644. The van der Waals surface area contributed by atoms with E-state index in [9.17, 15) is 4.79 Å². The van der Waals surface area contributed by atoms with Crippen LogP contribution >= 0.6 is 0 Å². The summed E-state index contributed by atoms with van der Waals surface area (Å²) < 4.78 is 0. The van der Waals surface area contributed by atoms with E-state index in [1.807, 2.05) is 24.3 Å². The molecular weight excluding hydrogens is 314 g/mol. The van der Waals surface area contributed by atoms with Gasteiger partial charge in [0.05, 0.1) is 10.9 Å². The first kappa shape index (κ1) is 16.3. The van der Waals surface area contributed by atoms with Crippen LogP contribution < -0.4 is 0 Å². The summed E-state index contributed by atoms with van der Waals surface area (Å²) >= 11 is 0. The van der Waals surface area contributed by atoms with E-state index in [0.717, 1.165) is 0 Å². The van der Waals surface area contributed by atoms with Gasteiger partial charge in [0.25, 0.3) is 5.91 Å². The Hall–Kier alpha value is -2.52. The van der Waals surface area contributed by atoms with Gasteiger partial charge in [0.1, 0.15) is 0 Å². The molecule has 3 aromatic rings. The molecule has 24 heavy (non-hydrogen) atoms. The molecular formula is C21H20NOS+. The third kappa shape index (κ3) is 3.52. The van der Waals surface area contributed by atoms with Gasteiger partial charge in [-0.3, -0.25) is 4.79 Å². The number of hydrogen-bond donors (Lipinski definition) is 0. The molecule has 2 nitrogen and oxygen atoms in total. The number of rotatable bonds is 4. The smallest absolute Gasteiger partial charge is 0.253 e. The van der Waals surface area contributed by atoms with Crippen molar-refractivity contribution in [3.63, 3.8) is 0 Å². The minimum Gasteiger partial charge on any atom is -0.345 e. The molecule has 0 aliphatic heterocycles. The highest BCUT2D eigenvalue weighted by atomic mass is 32.2. The van der Waals surface area contributed by atoms with Gasteiger partial charge >= 0.3 is 0 Å². The van der Waals surface area contributed by atoms with Crippen LogP contribution in [0.4, 0.5) is 0 Å². The van der Waals surface area contributed by atoms with E-state index in [-0.39, 0.29) is 16.8 Å². The molecule has 0 saturated heterocycles. The van der Waals surface area contributed by atoms with Gasteiger partial charge in [-0.1, -0.05) is 36.4 Å². The summed E-state index contributed by atoms with van der Waals surface area (Å²) in [5.41, 5.74) is 0.716. The zero-order valence-corrected chi connectivity index (χ0v) is 14.7. The fraction of sp³-hybridized carbons (Fsp3) is 0.0952. The Bertz CT molecular complexity index is 759. The topological polar surface area (TPSA) is 20.3 Å². The Labute approximate surface area is 146 Å². The van der Waals surface area contributed by atoms with Crippen molar-refractivity contribution in [3.8, 4) is 0 Å². The summed E-state index contributed by atoms with van der Waals surface area (Å²) in [6.45, 7) is 0. The van der Waals surface area contributed by atoms with Crippen molar-refractivity contribution < 1.29 is 4.79 Å². The number of amides is 1. The van der Waals surface area contributed by atoms with Gasteiger partial charge in [-0.2, -0.15) is 0 Å². The molecule has 0 saturated carbocycles. The number of carbonyl (C=O) groups excluding carboxylic acids is 1. The number of carbonyl (C=O) groups is 1. The third-order valence-electron chi connectivity index (χ3n) is 3.70. The maximum Gasteiger partial charge on any atom is 0.253 e. The second-order valence-corrected chi connectivity index (χ2v) is 7.68. The van der Waals surface area contributed by atoms with Crippen molar-refractivity contribution in [1.29, 1.82) is 0 Å². The van der Waals surface area contributed by atoms with Crippen LogP contribution in [0, 0.1) is 0 Å². The van der Waals surface area contributed by atoms with Crippen molar-refractivity contribution in [1.82, 2.24) is 4.90 Å². The predicted molar refractivity (Wildman–Crippen MR) is 99.5 cm³/mol. The molecule has 0 N–H and O–H groups in total. The van der Waals surface area contributed by atoms with Gasteiger partial charge in [0, 0.05) is 19.7 Å². The summed E-state index contributed by atoms with van der Waals surface area (Å²) in [6, 6.07) is 29.0. The molecule has 0 aliphatic rings. The molecule has 0 spiro atoms. The van der Waals surface area contributed by atoms with E-state index >= 15 is 0 Å². The van der Waals surface area contributed by atoms with E-state index in [1.165, 1.54) is 14.7 Å². The van der Waals surface area contributed by atoms with Crippen molar-refractivity contribution in [2.45, 2.75) is 14.7 Å². The summed E-state index contributed by atoms with van der Waals surface area (Å²) in [4.78, 5) is 17.5. The van der Waals surface area contributed by atoms with Gasteiger partial charge in [-0.25, -0.2) is 0 Å². The molecule has 0 atom stereocenters. The number of hydrogen-bond acceptors (Lipinski definition) is 1. The lowest BCUT2D eigenvalue weighted by atomic mass is 10.2. The highest BCUT2D eigenvalue weighted by Gasteiger charge is 2.28. The molecule has 0 aliphatic carbocycles. The summed E-state index contributed by atoms with van der Waals surface area (Å²) in [5.74, 6) is 0.0286. The van der Waals surface area contributed by atoms with Crippen LogP contribution in [-0.2, 0) is 10.9 Å². The minimum atomic E-state index is -0.172. The number of benzene rings is 3. The fourth-order valence-electron chi connectivity index (χ4n) is 2.51. The molecule has 0 radical (unpaired) electrons. The highest BCUT2D eigenvalue weighted by Crippen LogP contribution is 2.31. The molecule has 1 amide bonds. The summed E-state index contributed by atoms with van der Waals surface area (Å²) in [5, 5.41) is 0. The lowest BCUT2D eigenvalue weighted by molar-refractivity contribution is 0.0827. The van der Waals surface area contributed by atoms with E-state index in [2.05, 4.69) is 60.7 Å². The zero-order valence-electron chi connectivity index (χ0n) is 13.8. The van der Waals surface area contributed by atoms with E-state index < -0.39 is 0 Å². The second-order valence-electron chi connectivity index (χ2n) is 5.66. The Morgan fingerprint density at radius 3 is 1.50 bits per heavy atom. The predicted octanol–water partition coefficient (Wildman–Crippen LogP) is 4.48. The monoisotopic (exact) mass is 334 g/mol. The van der Waals surface area contributed by atoms with E-state index in [1.54, 1.807) is 19.0 Å². The first-order valence-electron chi connectivity index (χ1n) is 7.83. The van der Waals surface area contributed by atoms with Crippen LogP contribution in [0.1, 0.15) is 10.4 Å². The molecule has 0 heterocycles.